The van der Waals surface area contributed by atoms with E-state index in [4.69, 9.17) is 4.74 Å². The van der Waals surface area contributed by atoms with Gasteiger partial charge in [-0.25, -0.2) is 9.18 Å². The number of fused-ring (bicyclic) bond motifs is 1. The first kappa shape index (κ1) is 15.9. The molecule has 1 aromatic rings. The molecule has 0 bridgehead atoms. The molecule has 22 heavy (non-hydrogen) atoms. The topological polar surface area (TPSA) is 95.7 Å². The number of halogens is 1. The Balaban J connectivity index is 2.47. The van der Waals surface area contributed by atoms with Crippen molar-refractivity contribution in [3.05, 3.63) is 45.3 Å². The summed E-state index contributed by atoms with van der Waals surface area (Å²) in [5, 5.41) is 9.53. The van der Waals surface area contributed by atoms with Crippen LogP contribution in [-0.2, 0) is 20.8 Å². The molecule has 0 heterocycles. The van der Waals surface area contributed by atoms with Crippen molar-refractivity contribution in [3.63, 3.8) is 0 Å². The van der Waals surface area contributed by atoms with Crippen LogP contribution in [0.4, 0.5) is 4.39 Å². The normalized spacial score (nSPS) is 20.5. The SMILES string of the molecule is CC(C)(C)OC(=O)[C@@]1(O[N+](=O)[O-])Cc2cc(F)ccc2C1=O. The first-order chi connectivity index (χ1) is 10.0. The van der Waals surface area contributed by atoms with Gasteiger partial charge in [-0.1, -0.05) is 0 Å². The van der Waals surface area contributed by atoms with Crippen LogP contribution in [0, 0.1) is 15.9 Å². The zero-order valence-electron chi connectivity index (χ0n) is 12.2. The van der Waals surface area contributed by atoms with E-state index < -0.39 is 40.3 Å². The van der Waals surface area contributed by atoms with Crippen LogP contribution in [0.2, 0.25) is 0 Å². The van der Waals surface area contributed by atoms with Gasteiger partial charge in [0.1, 0.15) is 11.4 Å². The third-order valence-corrected chi connectivity index (χ3v) is 3.08. The number of ketones is 1. The number of Topliss-reactive ketones (excluding diaryl/α,β-unsaturated/α-hetero) is 1. The fourth-order valence-corrected chi connectivity index (χ4v) is 2.26. The lowest BCUT2D eigenvalue weighted by molar-refractivity contribution is -0.771. The quantitative estimate of drug-likeness (QED) is 0.366. The number of carbonyl (C=O) groups is 2. The monoisotopic (exact) mass is 311 g/mol. The highest BCUT2D eigenvalue weighted by molar-refractivity contribution is 6.19. The number of ether oxygens (including phenoxy) is 1. The zero-order chi connectivity index (χ0) is 16.7. The number of carbonyl (C=O) groups excluding carboxylic acids is 2. The molecule has 0 amide bonds. The number of hydrogen-bond donors (Lipinski definition) is 0. The van der Waals surface area contributed by atoms with E-state index in [1.165, 1.54) is 6.07 Å². The first-order valence-corrected chi connectivity index (χ1v) is 6.45. The summed E-state index contributed by atoms with van der Waals surface area (Å²) in [5.41, 5.74) is -3.22. The maximum atomic E-state index is 13.3. The van der Waals surface area contributed by atoms with E-state index in [0.717, 1.165) is 12.1 Å². The number of rotatable bonds is 3. The molecule has 0 saturated carbocycles. The van der Waals surface area contributed by atoms with Crippen LogP contribution in [-0.4, -0.2) is 28.0 Å². The molecule has 0 saturated heterocycles. The minimum Gasteiger partial charge on any atom is -0.458 e. The summed E-state index contributed by atoms with van der Waals surface area (Å²) in [6.45, 7) is 4.66. The molecule has 0 radical (unpaired) electrons. The molecule has 0 unspecified atom stereocenters. The molecule has 118 valence electrons. The zero-order valence-corrected chi connectivity index (χ0v) is 12.2. The van der Waals surface area contributed by atoms with Gasteiger partial charge in [-0.15, -0.1) is 10.1 Å². The van der Waals surface area contributed by atoms with E-state index in [9.17, 15) is 24.1 Å². The Kier molecular flexibility index (Phi) is 3.64. The molecule has 0 aliphatic heterocycles. The molecule has 0 N–H and O–H groups in total. The van der Waals surface area contributed by atoms with E-state index in [0.29, 0.717) is 0 Å². The summed E-state index contributed by atoms with van der Waals surface area (Å²) in [5.74, 6) is -2.70. The van der Waals surface area contributed by atoms with Crippen molar-refractivity contribution in [2.45, 2.75) is 38.4 Å². The number of esters is 1. The Morgan fingerprint density at radius 1 is 1.41 bits per heavy atom. The van der Waals surface area contributed by atoms with Crippen molar-refractivity contribution < 1.29 is 28.6 Å². The van der Waals surface area contributed by atoms with Crippen LogP contribution in [0.3, 0.4) is 0 Å². The Labute approximate surface area is 125 Å². The first-order valence-electron chi connectivity index (χ1n) is 6.45. The molecule has 0 aromatic heterocycles. The smallest absolute Gasteiger partial charge is 0.347 e. The van der Waals surface area contributed by atoms with Gasteiger partial charge in [-0.05, 0) is 44.5 Å². The van der Waals surface area contributed by atoms with Gasteiger partial charge < -0.3 is 4.74 Å². The lowest BCUT2D eigenvalue weighted by atomic mass is 9.98. The van der Waals surface area contributed by atoms with Gasteiger partial charge in [0.05, 0.1) is 0 Å². The predicted octanol–water partition coefficient (Wildman–Crippen LogP) is 1.85. The summed E-state index contributed by atoms with van der Waals surface area (Å²) in [7, 11) is 0. The van der Waals surface area contributed by atoms with Gasteiger partial charge in [-0.3, -0.25) is 9.63 Å². The minimum absolute atomic E-state index is 0.00843. The molecule has 1 atom stereocenters. The summed E-state index contributed by atoms with van der Waals surface area (Å²) >= 11 is 0. The maximum Gasteiger partial charge on any atom is 0.347 e. The molecule has 0 spiro atoms. The van der Waals surface area contributed by atoms with Crippen LogP contribution in [0.15, 0.2) is 18.2 Å². The van der Waals surface area contributed by atoms with Gasteiger partial charge in [0.15, 0.2) is 0 Å². The molecular formula is C14H14FNO6. The lowest BCUT2D eigenvalue weighted by Gasteiger charge is -2.28. The highest BCUT2D eigenvalue weighted by Gasteiger charge is 2.57. The molecular weight excluding hydrogens is 297 g/mol. The van der Waals surface area contributed by atoms with E-state index in [1.54, 1.807) is 20.8 Å². The van der Waals surface area contributed by atoms with Crippen molar-refractivity contribution in [2.24, 2.45) is 0 Å². The molecule has 1 aromatic carbocycles. The fourth-order valence-electron chi connectivity index (χ4n) is 2.26. The second kappa shape index (κ2) is 5.04. The van der Waals surface area contributed by atoms with Gasteiger partial charge in [0.2, 0.25) is 5.78 Å². The van der Waals surface area contributed by atoms with Crippen molar-refractivity contribution in [3.8, 4) is 0 Å². The molecule has 2 rings (SSSR count). The van der Waals surface area contributed by atoms with Gasteiger partial charge in [0.25, 0.3) is 10.7 Å². The summed E-state index contributed by atoms with van der Waals surface area (Å²) in [6.07, 6.45) is -0.450. The van der Waals surface area contributed by atoms with Crippen molar-refractivity contribution in [2.75, 3.05) is 0 Å². The average Bonchev–Trinajstić information content (AvgIpc) is 2.60. The third kappa shape index (κ3) is 2.76. The van der Waals surface area contributed by atoms with E-state index >= 15 is 0 Å². The molecule has 8 heteroatoms. The standard InChI is InChI=1S/C14H14FNO6/c1-13(2,3)21-12(18)14(22-16(19)20)7-8-6-9(15)4-5-10(8)11(14)17/h4-6H,7H2,1-3H3/t14-/m1/s1. The molecule has 1 aliphatic rings. The second-order valence-corrected chi connectivity index (χ2v) is 5.95. The van der Waals surface area contributed by atoms with Gasteiger partial charge >= 0.3 is 5.97 Å². The van der Waals surface area contributed by atoms with Crippen LogP contribution in [0.1, 0.15) is 36.7 Å². The second-order valence-electron chi connectivity index (χ2n) is 5.95. The minimum atomic E-state index is -2.42. The predicted molar refractivity (Wildman–Crippen MR) is 71.1 cm³/mol. The van der Waals surface area contributed by atoms with E-state index in [-0.39, 0.29) is 11.1 Å². The van der Waals surface area contributed by atoms with Crippen molar-refractivity contribution >= 4 is 11.8 Å². The summed E-state index contributed by atoms with van der Waals surface area (Å²) in [6, 6.07) is 3.25. The number of nitrogens with zero attached hydrogens (tertiary/aromatic N) is 1. The summed E-state index contributed by atoms with van der Waals surface area (Å²) in [4.78, 5) is 39.9. The van der Waals surface area contributed by atoms with E-state index in [2.05, 4.69) is 4.84 Å². The van der Waals surface area contributed by atoms with Crippen molar-refractivity contribution in [1.29, 1.82) is 0 Å². The average molecular weight is 311 g/mol. The van der Waals surface area contributed by atoms with E-state index in [1.807, 2.05) is 0 Å². The van der Waals surface area contributed by atoms with Gasteiger partial charge in [-0.2, -0.15) is 0 Å². The highest BCUT2D eigenvalue weighted by atomic mass is 19.1. The summed E-state index contributed by atoms with van der Waals surface area (Å²) < 4.78 is 18.3. The van der Waals surface area contributed by atoms with Crippen molar-refractivity contribution in [1.82, 2.24) is 0 Å². The molecule has 1 aliphatic carbocycles. The highest BCUT2D eigenvalue weighted by Crippen LogP contribution is 2.35. The number of hydrogen-bond acceptors (Lipinski definition) is 6. The molecule has 0 fully saturated rings. The Bertz CT molecular complexity index is 666. The Morgan fingerprint density at radius 2 is 2.05 bits per heavy atom. The Hall–Kier alpha value is -2.51. The van der Waals surface area contributed by atoms with Crippen LogP contribution in [0.5, 0.6) is 0 Å². The fraction of sp³-hybridized carbons (Fsp3) is 0.429. The molecule has 7 nitrogen and oxygen atoms in total. The third-order valence-electron chi connectivity index (χ3n) is 3.08. The lowest BCUT2D eigenvalue weighted by Crippen LogP contribution is -2.51. The van der Waals surface area contributed by atoms with Crippen LogP contribution < -0.4 is 0 Å². The Morgan fingerprint density at radius 3 is 2.59 bits per heavy atom. The maximum absolute atomic E-state index is 13.3. The van der Waals surface area contributed by atoms with Crippen LogP contribution >= 0.6 is 0 Å². The van der Waals surface area contributed by atoms with Gasteiger partial charge in [0, 0.05) is 12.0 Å². The van der Waals surface area contributed by atoms with Crippen LogP contribution in [0.25, 0.3) is 0 Å². The largest absolute Gasteiger partial charge is 0.458 e. The number of benzene rings is 1.